The first-order valence-electron chi connectivity index (χ1n) is 7.37. The molecule has 0 bridgehead atoms. The summed E-state index contributed by atoms with van der Waals surface area (Å²) in [7, 11) is 1.13. The lowest BCUT2D eigenvalue weighted by Gasteiger charge is -2.29. The first kappa shape index (κ1) is 19.4. The van der Waals surface area contributed by atoms with Crippen molar-refractivity contribution in [2.24, 2.45) is 0 Å². The van der Waals surface area contributed by atoms with E-state index in [9.17, 15) is 26.7 Å². The van der Waals surface area contributed by atoms with Crippen LogP contribution in [0, 0.1) is 11.6 Å². The van der Waals surface area contributed by atoms with Gasteiger partial charge < -0.3 is 15.2 Å². The zero-order valence-corrected chi connectivity index (χ0v) is 13.2. The van der Waals surface area contributed by atoms with Crippen LogP contribution < -0.4 is 5.32 Å². The normalized spacial score (nSPS) is 22.8. The van der Waals surface area contributed by atoms with Crippen molar-refractivity contribution in [1.82, 2.24) is 10.2 Å². The van der Waals surface area contributed by atoms with E-state index in [0.29, 0.717) is 0 Å². The van der Waals surface area contributed by atoms with Gasteiger partial charge in [0.25, 0.3) is 0 Å². The van der Waals surface area contributed by atoms with Gasteiger partial charge in [0, 0.05) is 26.1 Å². The third-order valence-corrected chi connectivity index (χ3v) is 4.17. The van der Waals surface area contributed by atoms with Crippen LogP contribution in [-0.2, 0) is 4.74 Å². The van der Waals surface area contributed by atoms with Crippen molar-refractivity contribution in [2.45, 2.75) is 24.2 Å². The van der Waals surface area contributed by atoms with Crippen molar-refractivity contribution >= 4 is 6.09 Å². The van der Waals surface area contributed by atoms with Crippen LogP contribution in [0.3, 0.4) is 0 Å². The molecule has 0 spiro atoms. The van der Waals surface area contributed by atoms with Crippen LogP contribution in [0.4, 0.5) is 26.7 Å². The van der Waals surface area contributed by atoms with Crippen molar-refractivity contribution in [3.63, 3.8) is 0 Å². The molecule has 140 valence electrons. The monoisotopic (exact) mass is 368 g/mol. The van der Waals surface area contributed by atoms with Gasteiger partial charge in [-0.2, -0.15) is 13.2 Å². The molecule has 1 saturated heterocycles. The van der Waals surface area contributed by atoms with Crippen LogP contribution in [0.1, 0.15) is 11.5 Å². The second-order valence-electron chi connectivity index (χ2n) is 5.80. The number of rotatable bonds is 5. The largest absolute Gasteiger partial charge is 0.465 e. The number of hydrogen-bond donors (Lipinski definition) is 2. The van der Waals surface area contributed by atoms with Gasteiger partial charge in [0.05, 0.1) is 12.6 Å². The zero-order valence-electron chi connectivity index (χ0n) is 13.2. The Morgan fingerprint density at radius 2 is 2.04 bits per heavy atom. The first-order valence-corrected chi connectivity index (χ1v) is 7.37. The number of nitrogens with zero attached hydrogens (tertiary/aromatic N) is 1. The Bertz CT molecular complexity index is 626. The minimum absolute atomic E-state index is 0.177. The van der Waals surface area contributed by atoms with Crippen LogP contribution in [-0.4, -0.2) is 61.2 Å². The molecule has 1 aromatic carbocycles. The average Bonchev–Trinajstić information content (AvgIpc) is 2.89. The van der Waals surface area contributed by atoms with Crippen molar-refractivity contribution < 1.29 is 36.6 Å². The van der Waals surface area contributed by atoms with Gasteiger partial charge >= 0.3 is 12.3 Å². The molecule has 1 heterocycles. The second-order valence-corrected chi connectivity index (χ2v) is 5.80. The molecule has 2 N–H and O–H groups in total. The predicted molar refractivity (Wildman–Crippen MR) is 77.3 cm³/mol. The minimum atomic E-state index is -4.58. The second kappa shape index (κ2) is 7.52. The molecule has 1 unspecified atom stereocenters. The van der Waals surface area contributed by atoms with Gasteiger partial charge in [0.15, 0.2) is 11.6 Å². The molecular weight excluding hydrogens is 351 g/mol. The van der Waals surface area contributed by atoms with E-state index >= 15 is 0 Å². The Kier molecular flexibility index (Phi) is 5.83. The minimum Gasteiger partial charge on any atom is -0.465 e. The van der Waals surface area contributed by atoms with Crippen molar-refractivity contribution in [2.75, 3.05) is 26.8 Å². The number of likely N-dealkylation sites (tertiary alicyclic amines) is 1. The van der Waals surface area contributed by atoms with E-state index in [2.05, 4.69) is 10.1 Å². The fourth-order valence-corrected chi connectivity index (χ4v) is 3.04. The molecule has 2 rings (SSSR count). The Labute approximate surface area is 140 Å². The van der Waals surface area contributed by atoms with Gasteiger partial charge in [-0.1, -0.05) is 6.07 Å². The van der Waals surface area contributed by atoms with E-state index in [1.54, 1.807) is 0 Å². The quantitative estimate of drug-likeness (QED) is 0.785. The molecule has 1 aliphatic rings. The Morgan fingerprint density at radius 3 is 2.56 bits per heavy atom. The fourth-order valence-electron chi connectivity index (χ4n) is 3.04. The van der Waals surface area contributed by atoms with Crippen LogP contribution in [0.5, 0.6) is 0 Å². The summed E-state index contributed by atoms with van der Waals surface area (Å²) in [5.41, 5.74) is 0.221. The number of alkyl halides is 3. The molecule has 1 aliphatic heterocycles. The molecule has 1 aromatic rings. The molecule has 1 amide bonds. The maximum Gasteiger partial charge on any atom is 0.406 e. The number of amides is 1. The van der Waals surface area contributed by atoms with Gasteiger partial charge in [-0.3, -0.25) is 4.90 Å². The Morgan fingerprint density at radius 1 is 1.36 bits per heavy atom. The van der Waals surface area contributed by atoms with Gasteiger partial charge in [-0.05, 0) is 17.7 Å². The summed E-state index contributed by atoms with van der Waals surface area (Å²) in [4.78, 5) is 12.0. The van der Waals surface area contributed by atoms with E-state index in [1.807, 2.05) is 0 Å². The Balaban J connectivity index is 2.30. The van der Waals surface area contributed by atoms with E-state index < -0.39 is 48.5 Å². The molecule has 0 aliphatic carbocycles. The van der Waals surface area contributed by atoms with Gasteiger partial charge in [0.2, 0.25) is 0 Å². The van der Waals surface area contributed by atoms with Crippen LogP contribution >= 0.6 is 0 Å². The van der Waals surface area contributed by atoms with Crippen LogP contribution in [0.15, 0.2) is 18.2 Å². The highest BCUT2D eigenvalue weighted by Gasteiger charge is 2.48. The average molecular weight is 368 g/mol. The van der Waals surface area contributed by atoms with Crippen LogP contribution in [0.25, 0.3) is 0 Å². The highest BCUT2D eigenvalue weighted by Crippen LogP contribution is 2.34. The van der Waals surface area contributed by atoms with E-state index in [4.69, 9.17) is 5.11 Å². The van der Waals surface area contributed by atoms with Crippen molar-refractivity contribution in [3.8, 4) is 0 Å². The molecule has 5 nitrogen and oxygen atoms in total. The highest BCUT2D eigenvalue weighted by atomic mass is 19.4. The highest BCUT2D eigenvalue weighted by molar-refractivity contribution is 5.65. The number of methoxy groups -OCH3 is 1. The lowest BCUT2D eigenvalue weighted by atomic mass is 9.94. The summed E-state index contributed by atoms with van der Waals surface area (Å²) in [5.74, 6) is -2.99. The number of hydrogen-bond acceptors (Lipinski definition) is 3. The number of halogens is 5. The molecule has 3 atom stereocenters. The lowest BCUT2D eigenvalue weighted by molar-refractivity contribution is -0.192. The van der Waals surface area contributed by atoms with Gasteiger partial charge in [-0.25, -0.2) is 13.6 Å². The summed E-state index contributed by atoms with van der Waals surface area (Å²) < 4.78 is 70.9. The molecule has 0 saturated carbocycles. The van der Waals surface area contributed by atoms with E-state index in [0.717, 1.165) is 24.1 Å². The summed E-state index contributed by atoms with van der Waals surface area (Å²) in [6.45, 7) is -1.03. The van der Waals surface area contributed by atoms with Gasteiger partial charge in [0.1, 0.15) is 6.04 Å². The first-order chi connectivity index (χ1) is 11.6. The number of ether oxygens (including phenoxy) is 1. The maximum absolute atomic E-state index is 13.5. The number of benzene rings is 1. The summed E-state index contributed by atoms with van der Waals surface area (Å²) in [6.07, 6.45) is -5.98. The number of carbonyl (C=O) groups is 1. The van der Waals surface area contributed by atoms with E-state index in [-0.39, 0.29) is 18.7 Å². The lowest BCUT2D eigenvalue weighted by Crippen LogP contribution is -2.48. The van der Waals surface area contributed by atoms with Crippen molar-refractivity contribution in [1.29, 1.82) is 0 Å². The SMILES string of the molecule is COCC(N1C[C@@H](NC(=O)O)[C@H](c2ccc(F)c(F)c2)C1)C(F)(F)F. The predicted octanol–water partition coefficient (Wildman–Crippen LogP) is 2.58. The van der Waals surface area contributed by atoms with Crippen molar-refractivity contribution in [3.05, 3.63) is 35.4 Å². The zero-order chi connectivity index (χ0) is 18.8. The van der Waals surface area contributed by atoms with Crippen LogP contribution in [0.2, 0.25) is 0 Å². The molecule has 1 fully saturated rings. The molecule has 25 heavy (non-hydrogen) atoms. The summed E-state index contributed by atoms with van der Waals surface area (Å²) in [6, 6.07) is 0.151. The number of nitrogens with one attached hydrogen (secondary N) is 1. The molecule has 10 heteroatoms. The number of carboxylic acid groups (broad SMARTS) is 1. The third-order valence-electron chi connectivity index (χ3n) is 4.17. The fraction of sp³-hybridized carbons (Fsp3) is 0.533. The van der Waals surface area contributed by atoms with Gasteiger partial charge in [-0.15, -0.1) is 0 Å². The summed E-state index contributed by atoms with van der Waals surface area (Å²) in [5, 5.41) is 11.1. The van der Waals surface area contributed by atoms with E-state index in [1.165, 1.54) is 6.07 Å². The molecule has 0 aromatic heterocycles. The third kappa shape index (κ3) is 4.57. The smallest absolute Gasteiger partial charge is 0.406 e. The standard InChI is InChI=1S/C15H17F5N2O3/c1-25-7-13(15(18,19)20)22-5-9(12(6-22)21-14(23)24)8-2-3-10(16)11(17)4-8/h2-4,9,12-13,21H,5-7H2,1H3,(H,23,24)/t9-,12+,13?/m0/s1. The summed E-state index contributed by atoms with van der Waals surface area (Å²) >= 11 is 0. The maximum atomic E-state index is 13.5. The Hall–Kier alpha value is -1.94. The topological polar surface area (TPSA) is 61.8 Å². The molecule has 0 radical (unpaired) electrons. The molecular formula is C15H17F5N2O3.